The first-order valence-corrected chi connectivity index (χ1v) is 25.2. The Morgan fingerprint density at radius 2 is 0.707 bits per heavy atom. The Bertz CT molecular complexity index is 966. The highest BCUT2D eigenvalue weighted by Crippen LogP contribution is 2.15. The molecule has 338 valence electrons. The molecule has 0 fully saturated rings. The van der Waals surface area contributed by atoms with Gasteiger partial charge in [0.05, 0.1) is 0 Å². The molecule has 0 aromatic rings. The SMILES string of the molecule is CC/C=C\C/C=C\C/C=C\C/C=C\CCCCC(=O)OC[C@H](COC(=O)CCCCCCCCCCCCC)OCCCCCCCCCCCCCCCCCC. The molecule has 0 bridgehead atoms. The predicted molar refractivity (Wildman–Crippen MR) is 251 cm³/mol. The first kappa shape index (κ1) is 55.9. The van der Waals surface area contributed by atoms with Crippen LogP contribution in [0.25, 0.3) is 0 Å². The van der Waals surface area contributed by atoms with Crippen LogP contribution in [0.15, 0.2) is 48.6 Å². The van der Waals surface area contributed by atoms with Crippen molar-refractivity contribution in [3.63, 3.8) is 0 Å². The van der Waals surface area contributed by atoms with E-state index in [1.807, 2.05) is 0 Å². The third-order valence-electron chi connectivity index (χ3n) is 10.9. The molecule has 0 saturated carbocycles. The Kier molecular flexibility index (Phi) is 47.4. The number of unbranched alkanes of at least 4 members (excludes halogenated alkanes) is 27. The van der Waals surface area contributed by atoms with Crippen molar-refractivity contribution in [3.05, 3.63) is 48.6 Å². The fourth-order valence-corrected chi connectivity index (χ4v) is 7.12. The fourth-order valence-electron chi connectivity index (χ4n) is 7.12. The predicted octanol–water partition coefficient (Wildman–Crippen LogP) is 16.8. The van der Waals surface area contributed by atoms with E-state index >= 15 is 0 Å². The standard InChI is InChI=1S/C53H96O5/c1-4-7-10-13-16-19-22-24-26-28-30-33-36-39-42-45-48-56-51(49-57-52(54)46-43-40-37-34-31-21-18-15-12-9-6-3)50-58-53(55)47-44-41-38-35-32-29-27-25-23-20-17-14-11-8-5-2/h8,11,17,20,25,27,32,35,51H,4-7,9-10,12-16,18-19,21-24,26,28-31,33-34,36-50H2,1-3H3/b11-8-,20-17-,27-25-,35-32-/t51-/m0/s1. The molecule has 0 aromatic carbocycles. The molecule has 0 rings (SSSR count). The second kappa shape index (κ2) is 49.2. The molecule has 0 aliphatic carbocycles. The van der Waals surface area contributed by atoms with Crippen LogP contribution in [0.1, 0.15) is 252 Å². The lowest BCUT2D eigenvalue weighted by Gasteiger charge is -2.18. The van der Waals surface area contributed by atoms with Crippen LogP contribution in [0.5, 0.6) is 0 Å². The average Bonchev–Trinajstić information content (AvgIpc) is 3.23. The van der Waals surface area contributed by atoms with Crippen LogP contribution in [-0.4, -0.2) is 37.9 Å². The number of ether oxygens (including phenoxy) is 3. The molecule has 5 nitrogen and oxygen atoms in total. The maximum atomic E-state index is 12.6. The molecular weight excluding hydrogens is 717 g/mol. The Morgan fingerprint density at radius 3 is 1.10 bits per heavy atom. The number of carbonyl (C=O) groups excluding carboxylic acids is 2. The third-order valence-corrected chi connectivity index (χ3v) is 10.9. The highest BCUT2D eigenvalue weighted by molar-refractivity contribution is 5.69. The van der Waals surface area contributed by atoms with Crippen molar-refractivity contribution in [2.75, 3.05) is 19.8 Å². The van der Waals surface area contributed by atoms with E-state index in [-0.39, 0.29) is 25.2 Å². The lowest BCUT2D eigenvalue weighted by molar-refractivity contribution is -0.155. The summed E-state index contributed by atoms with van der Waals surface area (Å²) >= 11 is 0. The second-order valence-corrected chi connectivity index (χ2v) is 16.7. The molecule has 5 heteroatoms. The minimum Gasteiger partial charge on any atom is -0.463 e. The number of rotatable bonds is 46. The van der Waals surface area contributed by atoms with Crippen molar-refractivity contribution in [2.45, 2.75) is 258 Å². The topological polar surface area (TPSA) is 61.8 Å². The van der Waals surface area contributed by atoms with Crippen molar-refractivity contribution in [2.24, 2.45) is 0 Å². The van der Waals surface area contributed by atoms with Crippen LogP contribution in [0.3, 0.4) is 0 Å². The van der Waals surface area contributed by atoms with Gasteiger partial charge in [-0.05, 0) is 57.8 Å². The van der Waals surface area contributed by atoms with Gasteiger partial charge in [-0.25, -0.2) is 0 Å². The van der Waals surface area contributed by atoms with Gasteiger partial charge >= 0.3 is 11.9 Å². The maximum absolute atomic E-state index is 12.6. The lowest BCUT2D eigenvalue weighted by Crippen LogP contribution is -2.29. The number of hydrogen-bond acceptors (Lipinski definition) is 5. The molecular formula is C53H96O5. The van der Waals surface area contributed by atoms with Crippen molar-refractivity contribution in [3.8, 4) is 0 Å². The molecule has 0 aromatic heterocycles. The molecule has 0 aliphatic rings. The highest BCUT2D eigenvalue weighted by Gasteiger charge is 2.16. The van der Waals surface area contributed by atoms with E-state index in [4.69, 9.17) is 14.2 Å². The van der Waals surface area contributed by atoms with E-state index in [0.717, 1.165) is 70.6 Å². The molecule has 0 saturated heterocycles. The van der Waals surface area contributed by atoms with Gasteiger partial charge in [0, 0.05) is 19.4 Å². The van der Waals surface area contributed by atoms with E-state index in [0.29, 0.717) is 19.4 Å². The Hall–Kier alpha value is -2.14. The van der Waals surface area contributed by atoms with E-state index < -0.39 is 6.10 Å². The quantitative estimate of drug-likeness (QED) is 0.0348. The number of carbonyl (C=O) groups is 2. The molecule has 0 amide bonds. The van der Waals surface area contributed by atoms with Gasteiger partial charge in [-0.1, -0.05) is 230 Å². The fraction of sp³-hybridized carbons (Fsp3) is 0.811. The Balaban J connectivity index is 4.28. The third kappa shape index (κ3) is 46.5. The van der Waals surface area contributed by atoms with Gasteiger partial charge in [0.2, 0.25) is 0 Å². The van der Waals surface area contributed by atoms with Crippen molar-refractivity contribution >= 4 is 11.9 Å². The summed E-state index contributed by atoms with van der Waals surface area (Å²) in [4.78, 5) is 25.1. The van der Waals surface area contributed by atoms with Gasteiger partial charge in [-0.3, -0.25) is 9.59 Å². The monoisotopic (exact) mass is 813 g/mol. The summed E-state index contributed by atoms with van der Waals surface area (Å²) in [7, 11) is 0. The molecule has 58 heavy (non-hydrogen) atoms. The van der Waals surface area contributed by atoms with Gasteiger partial charge in [0.15, 0.2) is 0 Å². The van der Waals surface area contributed by atoms with Crippen LogP contribution >= 0.6 is 0 Å². The van der Waals surface area contributed by atoms with Crippen LogP contribution in [0, 0.1) is 0 Å². The highest BCUT2D eigenvalue weighted by atomic mass is 16.6. The normalized spacial score (nSPS) is 12.5. The zero-order chi connectivity index (χ0) is 42.1. The van der Waals surface area contributed by atoms with Crippen LogP contribution in [0.4, 0.5) is 0 Å². The molecule has 0 heterocycles. The van der Waals surface area contributed by atoms with E-state index in [9.17, 15) is 9.59 Å². The van der Waals surface area contributed by atoms with Gasteiger partial charge < -0.3 is 14.2 Å². The second-order valence-electron chi connectivity index (χ2n) is 16.7. The van der Waals surface area contributed by atoms with Gasteiger partial charge in [0.1, 0.15) is 19.3 Å². The molecule has 0 spiro atoms. The summed E-state index contributed by atoms with van der Waals surface area (Å²) in [6, 6.07) is 0. The number of esters is 2. The minimum atomic E-state index is -0.411. The van der Waals surface area contributed by atoms with E-state index in [1.165, 1.54) is 148 Å². The molecule has 0 aliphatic heterocycles. The molecule has 0 radical (unpaired) electrons. The number of allylic oxidation sites excluding steroid dienone is 8. The van der Waals surface area contributed by atoms with Gasteiger partial charge in [-0.2, -0.15) is 0 Å². The summed E-state index contributed by atoms with van der Waals surface area (Å²) in [6.07, 6.45) is 60.0. The Morgan fingerprint density at radius 1 is 0.379 bits per heavy atom. The summed E-state index contributed by atoms with van der Waals surface area (Å²) in [5.41, 5.74) is 0. The smallest absolute Gasteiger partial charge is 0.305 e. The Labute approximate surface area is 361 Å². The zero-order valence-corrected chi connectivity index (χ0v) is 38.8. The summed E-state index contributed by atoms with van der Waals surface area (Å²) in [5.74, 6) is -0.373. The zero-order valence-electron chi connectivity index (χ0n) is 38.8. The molecule has 0 unspecified atom stereocenters. The summed E-state index contributed by atoms with van der Waals surface area (Å²) < 4.78 is 17.4. The lowest BCUT2D eigenvalue weighted by atomic mass is 10.0. The van der Waals surface area contributed by atoms with Crippen LogP contribution in [0.2, 0.25) is 0 Å². The largest absolute Gasteiger partial charge is 0.463 e. The van der Waals surface area contributed by atoms with Crippen molar-refractivity contribution < 1.29 is 23.8 Å². The minimum absolute atomic E-state index is 0.139. The molecule has 1 atom stereocenters. The number of hydrogen-bond donors (Lipinski definition) is 0. The van der Waals surface area contributed by atoms with Crippen LogP contribution < -0.4 is 0 Å². The average molecular weight is 813 g/mol. The van der Waals surface area contributed by atoms with Gasteiger partial charge in [-0.15, -0.1) is 0 Å². The van der Waals surface area contributed by atoms with Crippen molar-refractivity contribution in [1.29, 1.82) is 0 Å². The van der Waals surface area contributed by atoms with Gasteiger partial charge in [0.25, 0.3) is 0 Å². The first-order chi connectivity index (χ1) is 28.6. The van der Waals surface area contributed by atoms with Crippen LogP contribution in [-0.2, 0) is 23.8 Å². The van der Waals surface area contributed by atoms with E-state index in [1.54, 1.807) is 0 Å². The first-order valence-electron chi connectivity index (χ1n) is 25.2. The maximum Gasteiger partial charge on any atom is 0.305 e. The summed E-state index contributed by atoms with van der Waals surface area (Å²) in [6.45, 7) is 7.59. The van der Waals surface area contributed by atoms with Crippen molar-refractivity contribution in [1.82, 2.24) is 0 Å². The summed E-state index contributed by atoms with van der Waals surface area (Å²) in [5, 5.41) is 0. The molecule has 0 N–H and O–H groups in total. The van der Waals surface area contributed by atoms with E-state index in [2.05, 4.69) is 69.4 Å².